The van der Waals surface area contributed by atoms with Gasteiger partial charge in [0.15, 0.2) is 5.43 Å². The molecular formula is C27H27N3O2. The van der Waals surface area contributed by atoms with E-state index in [1.165, 1.54) is 27.8 Å². The lowest BCUT2D eigenvalue weighted by Crippen LogP contribution is -2.37. The Morgan fingerprint density at radius 1 is 1.09 bits per heavy atom. The van der Waals surface area contributed by atoms with Gasteiger partial charge in [0.05, 0.1) is 12.1 Å². The molecule has 5 heteroatoms. The third-order valence-corrected chi connectivity index (χ3v) is 6.64. The highest BCUT2D eigenvalue weighted by Gasteiger charge is 2.27. The predicted molar refractivity (Wildman–Crippen MR) is 125 cm³/mol. The lowest BCUT2D eigenvalue weighted by Gasteiger charge is -2.30. The Labute approximate surface area is 187 Å². The van der Waals surface area contributed by atoms with Crippen LogP contribution >= 0.6 is 0 Å². The minimum Gasteiger partial charge on any atom is -0.361 e. The molecule has 1 N–H and O–H groups in total. The van der Waals surface area contributed by atoms with E-state index in [2.05, 4.69) is 35.1 Å². The molecule has 2 aliphatic rings. The molecule has 0 radical (unpaired) electrons. The number of pyridine rings is 2. The molecule has 1 aliphatic heterocycles. The molecule has 1 aliphatic carbocycles. The fraction of sp³-hybridized carbons (Fsp3) is 0.296. The van der Waals surface area contributed by atoms with Gasteiger partial charge in [-0.25, -0.2) is 0 Å². The zero-order chi connectivity index (χ0) is 22.1. The van der Waals surface area contributed by atoms with E-state index in [1.807, 2.05) is 17.0 Å². The molecule has 3 heterocycles. The van der Waals surface area contributed by atoms with Crippen molar-refractivity contribution >= 4 is 11.5 Å². The van der Waals surface area contributed by atoms with Crippen LogP contribution in [0, 0.1) is 6.92 Å². The highest BCUT2D eigenvalue weighted by atomic mass is 16.2. The number of hydrogen-bond donors (Lipinski definition) is 1. The van der Waals surface area contributed by atoms with E-state index >= 15 is 0 Å². The number of carbonyl (C=O) groups excluding carboxylic acids is 1. The van der Waals surface area contributed by atoms with E-state index in [0.717, 1.165) is 42.5 Å². The zero-order valence-electron chi connectivity index (χ0n) is 18.4. The molecule has 5 rings (SSSR count). The molecule has 1 fully saturated rings. The molecule has 0 saturated carbocycles. The summed E-state index contributed by atoms with van der Waals surface area (Å²) < 4.78 is 0. The van der Waals surface area contributed by atoms with E-state index in [0.29, 0.717) is 19.5 Å². The van der Waals surface area contributed by atoms with Gasteiger partial charge in [-0.3, -0.25) is 14.6 Å². The third kappa shape index (κ3) is 3.91. The SMILES string of the molecule is Cc1ccc2c(c1)CCc1c([nH]ccc1=O)C2=C1CCN(C(=O)Cc2cccnc2)CC1. The van der Waals surface area contributed by atoms with Crippen molar-refractivity contribution in [1.82, 2.24) is 14.9 Å². The number of aromatic nitrogens is 2. The van der Waals surface area contributed by atoms with Crippen LogP contribution in [0.2, 0.25) is 0 Å². The summed E-state index contributed by atoms with van der Waals surface area (Å²) in [5.74, 6) is 0.146. The Bertz CT molecular complexity index is 1250. The standard InChI is InChI=1S/C27H27N3O2/c1-18-4-6-22-21(15-18)5-7-23-24(31)8-12-29-27(23)26(22)20-9-13-30(14-10-20)25(32)16-19-3-2-11-28-17-19/h2-4,6,8,11-12,15,17H,5,7,9-10,13-14,16H2,1H3,(H,29,31). The molecular weight excluding hydrogens is 398 g/mol. The lowest BCUT2D eigenvalue weighted by atomic mass is 9.88. The van der Waals surface area contributed by atoms with Crippen LogP contribution in [-0.2, 0) is 24.1 Å². The van der Waals surface area contributed by atoms with Crippen molar-refractivity contribution in [1.29, 1.82) is 0 Å². The van der Waals surface area contributed by atoms with Crippen LogP contribution < -0.4 is 5.43 Å². The van der Waals surface area contributed by atoms with Gasteiger partial charge in [-0.15, -0.1) is 0 Å². The Morgan fingerprint density at radius 2 is 1.94 bits per heavy atom. The van der Waals surface area contributed by atoms with Crippen LogP contribution in [0.15, 0.2) is 65.4 Å². The molecule has 1 amide bonds. The quantitative estimate of drug-likeness (QED) is 0.678. The van der Waals surface area contributed by atoms with Gasteiger partial charge in [-0.2, -0.15) is 0 Å². The van der Waals surface area contributed by atoms with Gasteiger partial charge in [-0.05, 0) is 55.4 Å². The average molecular weight is 426 g/mol. The van der Waals surface area contributed by atoms with E-state index < -0.39 is 0 Å². The number of aromatic amines is 1. The first kappa shape index (κ1) is 20.4. The summed E-state index contributed by atoms with van der Waals surface area (Å²) in [7, 11) is 0. The van der Waals surface area contributed by atoms with Crippen molar-refractivity contribution in [2.24, 2.45) is 0 Å². The minimum absolute atomic E-state index is 0.102. The molecule has 0 unspecified atom stereocenters. The number of benzene rings is 1. The smallest absolute Gasteiger partial charge is 0.227 e. The van der Waals surface area contributed by atoms with Crippen LogP contribution in [0.3, 0.4) is 0 Å². The average Bonchev–Trinajstić information content (AvgIpc) is 2.97. The minimum atomic E-state index is 0.102. The first-order valence-electron chi connectivity index (χ1n) is 11.3. The van der Waals surface area contributed by atoms with Crippen molar-refractivity contribution in [3.05, 3.63) is 104 Å². The zero-order valence-corrected chi connectivity index (χ0v) is 18.4. The summed E-state index contributed by atoms with van der Waals surface area (Å²) in [5, 5.41) is 0. The van der Waals surface area contributed by atoms with Gasteiger partial charge in [0, 0.05) is 48.9 Å². The van der Waals surface area contributed by atoms with Crippen LogP contribution in [0.5, 0.6) is 0 Å². The summed E-state index contributed by atoms with van der Waals surface area (Å²) in [6, 6.07) is 12.0. The molecule has 1 saturated heterocycles. The summed E-state index contributed by atoms with van der Waals surface area (Å²) >= 11 is 0. The molecule has 0 atom stereocenters. The van der Waals surface area contributed by atoms with Crippen molar-refractivity contribution in [3.8, 4) is 0 Å². The van der Waals surface area contributed by atoms with Gasteiger partial charge in [0.2, 0.25) is 5.91 Å². The molecule has 3 aromatic rings. The summed E-state index contributed by atoms with van der Waals surface area (Å²) in [6.07, 6.45) is 8.87. The molecule has 2 aromatic heterocycles. The van der Waals surface area contributed by atoms with Crippen molar-refractivity contribution < 1.29 is 4.79 Å². The van der Waals surface area contributed by atoms with E-state index in [-0.39, 0.29) is 11.3 Å². The maximum Gasteiger partial charge on any atom is 0.227 e. The predicted octanol–water partition coefficient (Wildman–Crippen LogP) is 3.84. The Morgan fingerprint density at radius 3 is 2.72 bits per heavy atom. The molecule has 0 bridgehead atoms. The van der Waals surface area contributed by atoms with E-state index in [4.69, 9.17) is 0 Å². The number of rotatable bonds is 2. The van der Waals surface area contributed by atoms with Crippen molar-refractivity contribution in [2.75, 3.05) is 13.1 Å². The van der Waals surface area contributed by atoms with Crippen LogP contribution in [0.4, 0.5) is 0 Å². The number of piperidine rings is 1. The van der Waals surface area contributed by atoms with Gasteiger partial charge in [0.25, 0.3) is 0 Å². The first-order chi connectivity index (χ1) is 15.6. The summed E-state index contributed by atoms with van der Waals surface area (Å²) in [5.41, 5.74) is 9.14. The number of H-pyrrole nitrogens is 1. The number of nitrogens with one attached hydrogen (secondary N) is 1. The number of nitrogens with zero attached hydrogens (tertiary/aromatic N) is 2. The number of fused-ring (bicyclic) bond motifs is 2. The van der Waals surface area contributed by atoms with Gasteiger partial charge < -0.3 is 9.88 Å². The molecule has 0 spiro atoms. The Kier molecular flexibility index (Phi) is 5.48. The van der Waals surface area contributed by atoms with Gasteiger partial charge in [0.1, 0.15) is 0 Å². The van der Waals surface area contributed by atoms with Gasteiger partial charge >= 0.3 is 0 Å². The monoisotopic (exact) mass is 425 g/mol. The fourth-order valence-electron chi connectivity index (χ4n) is 4.98. The number of amides is 1. The second kappa shape index (κ2) is 8.58. The molecule has 32 heavy (non-hydrogen) atoms. The van der Waals surface area contributed by atoms with Crippen LogP contribution in [0.25, 0.3) is 5.57 Å². The maximum absolute atomic E-state index is 12.8. The topological polar surface area (TPSA) is 66.1 Å². The Balaban J connectivity index is 1.48. The maximum atomic E-state index is 12.8. The normalized spacial score (nSPS) is 15.7. The van der Waals surface area contributed by atoms with Crippen molar-refractivity contribution in [2.45, 2.75) is 39.0 Å². The number of hydrogen-bond acceptors (Lipinski definition) is 3. The van der Waals surface area contributed by atoms with Crippen LogP contribution in [0.1, 0.15) is 46.4 Å². The van der Waals surface area contributed by atoms with Gasteiger partial charge in [-0.1, -0.05) is 35.4 Å². The van der Waals surface area contributed by atoms with Crippen LogP contribution in [-0.4, -0.2) is 33.9 Å². The fourth-order valence-corrected chi connectivity index (χ4v) is 4.98. The number of carbonyl (C=O) groups is 1. The molecule has 1 aromatic carbocycles. The lowest BCUT2D eigenvalue weighted by molar-refractivity contribution is -0.130. The summed E-state index contributed by atoms with van der Waals surface area (Å²) in [4.78, 5) is 35.0. The number of likely N-dealkylation sites (tertiary alicyclic amines) is 1. The van der Waals surface area contributed by atoms with E-state index in [1.54, 1.807) is 24.7 Å². The van der Waals surface area contributed by atoms with E-state index in [9.17, 15) is 9.59 Å². The third-order valence-electron chi connectivity index (χ3n) is 6.64. The molecule has 162 valence electrons. The first-order valence-corrected chi connectivity index (χ1v) is 11.3. The Hall–Kier alpha value is -3.47. The largest absolute Gasteiger partial charge is 0.361 e. The second-order valence-electron chi connectivity index (χ2n) is 8.75. The highest BCUT2D eigenvalue weighted by Crippen LogP contribution is 2.37. The molecule has 5 nitrogen and oxygen atoms in total. The van der Waals surface area contributed by atoms with Crippen molar-refractivity contribution in [3.63, 3.8) is 0 Å². The summed E-state index contributed by atoms with van der Waals surface area (Å²) in [6.45, 7) is 3.51. The number of aryl methyl sites for hydroxylation is 2. The highest BCUT2D eigenvalue weighted by molar-refractivity contribution is 5.85. The second-order valence-corrected chi connectivity index (χ2v) is 8.75.